The maximum absolute atomic E-state index is 11.7. The molecular formula is C13H17N5O2S. The van der Waals surface area contributed by atoms with Gasteiger partial charge in [-0.25, -0.2) is 0 Å². The summed E-state index contributed by atoms with van der Waals surface area (Å²) in [5.41, 5.74) is 6.33. The molecule has 1 aromatic carbocycles. The molecule has 2 aromatic rings. The van der Waals surface area contributed by atoms with Gasteiger partial charge in [-0.2, -0.15) is 0 Å². The number of nitrogens with one attached hydrogen (secondary N) is 2. The third-order valence-electron chi connectivity index (χ3n) is 2.45. The lowest BCUT2D eigenvalue weighted by atomic mass is 10.3. The monoisotopic (exact) mass is 307 g/mol. The summed E-state index contributed by atoms with van der Waals surface area (Å²) < 4.78 is 5.44. The Morgan fingerprint density at radius 2 is 2.29 bits per heavy atom. The number of carbonyl (C=O) groups excluding carboxylic acids is 1. The van der Waals surface area contributed by atoms with E-state index in [-0.39, 0.29) is 12.5 Å². The minimum atomic E-state index is -0.272. The molecule has 8 heteroatoms. The molecule has 0 fully saturated rings. The third kappa shape index (κ3) is 5.01. The van der Waals surface area contributed by atoms with E-state index in [2.05, 4.69) is 20.8 Å². The minimum absolute atomic E-state index is 0.0844. The average Bonchev–Trinajstić information content (AvgIpc) is 2.88. The zero-order chi connectivity index (χ0) is 15.1. The van der Waals surface area contributed by atoms with Crippen molar-refractivity contribution in [1.82, 2.24) is 10.2 Å². The van der Waals surface area contributed by atoms with Gasteiger partial charge in [0.15, 0.2) is 6.61 Å². The Balaban J connectivity index is 1.83. The molecule has 21 heavy (non-hydrogen) atoms. The van der Waals surface area contributed by atoms with Gasteiger partial charge in [0.2, 0.25) is 5.13 Å². The van der Waals surface area contributed by atoms with Crippen LogP contribution in [0, 0.1) is 6.92 Å². The maximum atomic E-state index is 11.7. The zero-order valence-electron chi connectivity index (χ0n) is 11.6. The van der Waals surface area contributed by atoms with Crippen LogP contribution in [0.3, 0.4) is 0 Å². The van der Waals surface area contributed by atoms with Crippen molar-refractivity contribution in [3.05, 3.63) is 29.3 Å². The van der Waals surface area contributed by atoms with E-state index in [1.807, 2.05) is 25.1 Å². The van der Waals surface area contributed by atoms with Crippen LogP contribution in [0.15, 0.2) is 24.3 Å². The Morgan fingerprint density at radius 1 is 1.43 bits per heavy atom. The molecule has 1 aromatic heterocycles. The number of rotatable bonds is 7. The van der Waals surface area contributed by atoms with Gasteiger partial charge in [0.25, 0.3) is 5.91 Å². The predicted molar refractivity (Wildman–Crippen MR) is 82.8 cm³/mol. The zero-order valence-corrected chi connectivity index (χ0v) is 12.4. The van der Waals surface area contributed by atoms with Gasteiger partial charge in [-0.05, 0) is 19.1 Å². The molecule has 1 amide bonds. The number of nitrogens with zero attached hydrogens (tertiary/aromatic N) is 2. The van der Waals surface area contributed by atoms with E-state index in [0.717, 1.165) is 10.7 Å². The number of ether oxygens (including phenoxy) is 1. The lowest BCUT2D eigenvalue weighted by Gasteiger charge is -2.08. The van der Waals surface area contributed by atoms with Gasteiger partial charge in [-0.1, -0.05) is 17.4 Å². The number of hydrogen-bond donors (Lipinski definition) is 3. The summed E-state index contributed by atoms with van der Waals surface area (Å²) in [6.07, 6.45) is 0. The van der Waals surface area contributed by atoms with Crippen molar-refractivity contribution in [3.63, 3.8) is 0 Å². The largest absolute Gasteiger partial charge is 0.484 e. The lowest BCUT2D eigenvalue weighted by Crippen LogP contribution is -2.20. The second-order valence-electron chi connectivity index (χ2n) is 4.21. The quantitative estimate of drug-likeness (QED) is 0.711. The van der Waals surface area contributed by atoms with Gasteiger partial charge in [0, 0.05) is 24.8 Å². The number of amides is 1. The smallest absolute Gasteiger partial charge is 0.264 e. The highest BCUT2D eigenvalue weighted by molar-refractivity contribution is 7.15. The number of anilines is 2. The first-order valence-corrected chi connectivity index (χ1v) is 7.26. The van der Waals surface area contributed by atoms with Gasteiger partial charge in [-0.3, -0.25) is 10.1 Å². The van der Waals surface area contributed by atoms with Crippen LogP contribution < -0.4 is 21.1 Å². The Bertz CT molecular complexity index is 602. The fourth-order valence-corrected chi connectivity index (χ4v) is 2.17. The van der Waals surface area contributed by atoms with Crippen molar-refractivity contribution in [2.45, 2.75) is 6.92 Å². The van der Waals surface area contributed by atoms with E-state index >= 15 is 0 Å². The molecular weight excluding hydrogens is 290 g/mol. The van der Waals surface area contributed by atoms with Crippen molar-refractivity contribution in [2.24, 2.45) is 5.73 Å². The van der Waals surface area contributed by atoms with E-state index in [4.69, 9.17) is 10.5 Å². The number of aromatic nitrogens is 2. The molecule has 0 radical (unpaired) electrons. The molecule has 4 N–H and O–H groups in total. The lowest BCUT2D eigenvalue weighted by molar-refractivity contribution is -0.118. The first kappa shape index (κ1) is 15.2. The molecule has 0 aliphatic heterocycles. The average molecular weight is 307 g/mol. The van der Waals surface area contributed by atoms with Crippen molar-refractivity contribution in [1.29, 1.82) is 0 Å². The first-order chi connectivity index (χ1) is 10.2. The molecule has 0 saturated carbocycles. The van der Waals surface area contributed by atoms with Crippen LogP contribution in [0.2, 0.25) is 0 Å². The van der Waals surface area contributed by atoms with Crippen LogP contribution >= 0.6 is 11.3 Å². The van der Waals surface area contributed by atoms with E-state index in [1.54, 1.807) is 6.07 Å². The molecule has 1 heterocycles. The fourth-order valence-electron chi connectivity index (χ4n) is 1.56. The third-order valence-corrected chi connectivity index (χ3v) is 3.20. The second-order valence-corrected chi connectivity index (χ2v) is 5.39. The second kappa shape index (κ2) is 7.55. The number of hydrogen-bond acceptors (Lipinski definition) is 7. The van der Waals surface area contributed by atoms with Crippen LogP contribution in [0.4, 0.5) is 10.8 Å². The van der Waals surface area contributed by atoms with E-state index in [1.165, 1.54) is 11.3 Å². The van der Waals surface area contributed by atoms with Crippen molar-refractivity contribution in [2.75, 3.05) is 30.3 Å². The fraction of sp³-hybridized carbons (Fsp3) is 0.308. The molecule has 0 aliphatic rings. The molecule has 0 bridgehead atoms. The van der Waals surface area contributed by atoms with Crippen LogP contribution in [-0.2, 0) is 4.79 Å². The summed E-state index contributed by atoms with van der Waals surface area (Å²) in [4.78, 5) is 11.7. The highest BCUT2D eigenvalue weighted by Crippen LogP contribution is 2.17. The van der Waals surface area contributed by atoms with Crippen LogP contribution in [0.5, 0.6) is 5.75 Å². The Morgan fingerprint density at radius 3 is 3.00 bits per heavy atom. The molecule has 0 unspecified atom stereocenters. The number of nitrogens with two attached hydrogens (primary N) is 1. The summed E-state index contributed by atoms with van der Waals surface area (Å²) in [5, 5.41) is 14.7. The standard InChI is InChI=1S/C13H17N5O2S/c1-9-17-18-13(21-9)16-12(19)8-20-11-4-2-3-10(7-11)15-6-5-14/h2-4,7,15H,5-6,8,14H2,1H3,(H,16,18,19). The number of aryl methyl sites for hydroxylation is 1. The number of benzene rings is 1. The summed E-state index contributed by atoms with van der Waals surface area (Å²) >= 11 is 1.32. The Labute approximate surface area is 126 Å². The van der Waals surface area contributed by atoms with Gasteiger partial charge >= 0.3 is 0 Å². The van der Waals surface area contributed by atoms with Crippen LogP contribution in [0.1, 0.15) is 5.01 Å². The predicted octanol–water partition coefficient (Wildman–Crippen LogP) is 1.23. The SMILES string of the molecule is Cc1nnc(NC(=O)COc2cccc(NCCN)c2)s1. The summed E-state index contributed by atoms with van der Waals surface area (Å²) in [6.45, 7) is 2.97. The van der Waals surface area contributed by atoms with Gasteiger partial charge in [0.1, 0.15) is 10.8 Å². The molecule has 0 saturated heterocycles. The normalized spacial score (nSPS) is 10.2. The Kier molecular flexibility index (Phi) is 5.47. The highest BCUT2D eigenvalue weighted by atomic mass is 32.1. The maximum Gasteiger partial charge on any atom is 0.264 e. The van der Waals surface area contributed by atoms with E-state index < -0.39 is 0 Å². The molecule has 0 aliphatic carbocycles. The number of carbonyl (C=O) groups is 1. The summed E-state index contributed by atoms with van der Waals surface area (Å²) in [5.74, 6) is 0.340. The molecule has 0 atom stereocenters. The minimum Gasteiger partial charge on any atom is -0.484 e. The topological polar surface area (TPSA) is 102 Å². The van der Waals surface area contributed by atoms with Gasteiger partial charge in [-0.15, -0.1) is 10.2 Å². The molecule has 112 valence electrons. The molecule has 7 nitrogen and oxygen atoms in total. The highest BCUT2D eigenvalue weighted by Gasteiger charge is 2.07. The van der Waals surface area contributed by atoms with Crippen molar-refractivity contribution in [3.8, 4) is 5.75 Å². The van der Waals surface area contributed by atoms with Crippen molar-refractivity contribution >= 4 is 28.1 Å². The van der Waals surface area contributed by atoms with E-state index in [0.29, 0.717) is 24.0 Å². The summed E-state index contributed by atoms with van der Waals surface area (Å²) in [7, 11) is 0. The van der Waals surface area contributed by atoms with Crippen LogP contribution in [-0.4, -0.2) is 35.8 Å². The van der Waals surface area contributed by atoms with Crippen molar-refractivity contribution < 1.29 is 9.53 Å². The van der Waals surface area contributed by atoms with E-state index in [9.17, 15) is 4.79 Å². The Hall–Kier alpha value is -2.19. The molecule has 0 spiro atoms. The van der Waals surface area contributed by atoms with Gasteiger partial charge in [0.05, 0.1) is 0 Å². The first-order valence-electron chi connectivity index (χ1n) is 6.44. The molecule has 2 rings (SSSR count). The van der Waals surface area contributed by atoms with Gasteiger partial charge < -0.3 is 15.8 Å². The van der Waals surface area contributed by atoms with Crippen LogP contribution in [0.25, 0.3) is 0 Å². The summed E-state index contributed by atoms with van der Waals surface area (Å²) in [6, 6.07) is 7.36.